The van der Waals surface area contributed by atoms with Crippen molar-refractivity contribution in [3.8, 4) is 11.5 Å². The van der Waals surface area contributed by atoms with Crippen molar-refractivity contribution in [1.29, 1.82) is 0 Å². The smallest absolute Gasteiger partial charge is 0.308 e. The fourth-order valence-corrected chi connectivity index (χ4v) is 2.06. The number of ether oxygens (including phenoxy) is 2. The highest BCUT2D eigenvalue weighted by Crippen LogP contribution is 2.29. The Hall–Kier alpha value is -3.16. The molecule has 1 aromatic carbocycles. The zero-order valence-electron chi connectivity index (χ0n) is 15.7. The van der Waals surface area contributed by atoms with Gasteiger partial charge in [0, 0.05) is 39.9 Å². The van der Waals surface area contributed by atoms with Crippen LogP contribution in [0.1, 0.15) is 39.2 Å². The van der Waals surface area contributed by atoms with E-state index in [1.807, 2.05) is 0 Å². The molecule has 0 aliphatic carbocycles. The van der Waals surface area contributed by atoms with Gasteiger partial charge < -0.3 is 20.1 Å². The first-order valence-electron chi connectivity index (χ1n) is 8.49. The summed E-state index contributed by atoms with van der Waals surface area (Å²) in [6.07, 6.45) is 4.42. The Morgan fingerprint density at radius 2 is 1.48 bits per heavy atom. The molecule has 0 aromatic heterocycles. The van der Waals surface area contributed by atoms with Crippen LogP contribution in [-0.2, 0) is 19.2 Å². The Morgan fingerprint density at radius 1 is 0.889 bits per heavy atom. The molecule has 0 saturated carbocycles. The second-order valence-corrected chi connectivity index (χ2v) is 5.71. The number of carbonyl (C=O) groups is 4. The van der Waals surface area contributed by atoms with Crippen LogP contribution in [0, 0.1) is 0 Å². The van der Waals surface area contributed by atoms with Crippen molar-refractivity contribution >= 4 is 29.8 Å². The molecule has 0 atom stereocenters. The van der Waals surface area contributed by atoms with Crippen LogP contribution in [0.25, 0.3) is 6.08 Å². The van der Waals surface area contributed by atoms with Crippen molar-refractivity contribution in [2.45, 2.75) is 33.6 Å². The standard InChI is InChI=1S/C19H24N2O6/c1-13(22)20-10-4-5-11-21-19(25)9-7-16-6-8-17(26-14(2)23)18(12-16)27-15(3)24/h6-9,12H,4-5,10-11H2,1-3H3,(H,20,22)(H,21,25)/b9-7-. The van der Waals surface area contributed by atoms with Gasteiger partial charge >= 0.3 is 11.9 Å². The molecule has 2 N–H and O–H groups in total. The van der Waals surface area contributed by atoms with Crippen molar-refractivity contribution < 1.29 is 28.7 Å². The molecule has 0 fully saturated rings. The van der Waals surface area contributed by atoms with Gasteiger partial charge in [-0.3, -0.25) is 19.2 Å². The molecule has 0 aliphatic heterocycles. The number of benzene rings is 1. The summed E-state index contributed by atoms with van der Waals surface area (Å²) >= 11 is 0. The zero-order valence-corrected chi connectivity index (χ0v) is 15.7. The number of carbonyl (C=O) groups excluding carboxylic acids is 4. The zero-order chi connectivity index (χ0) is 20.2. The van der Waals surface area contributed by atoms with E-state index in [-0.39, 0.29) is 23.3 Å². The topological polar surface area (TPSA) is 111 Å². The second kappa shape index (κ2) is 11.5. The number of nitrogens with one attached hydrogen (secondary N) is 2. The third kappa shape index (κ3) is 9.78. The Kier molecular flexibility index (Phi) is 9.28. The lowest BCUT2D eigenvalue weighted by molar-refractivity contribution is -0.134. The highest BCUT2D eigenvalue weighted by atomic mass is 16.6. The number of rotatable bonds is 9. The predicted octanol–water partition coefficient (Wildman–Crippen LogP) is 1.58. The van der Waals surface area contributed by atoms with Gasteiger partial charge in [0.25, 0.3) is 0 Å². The van der Waals surface area contributed by atoms with Gasteiger partial charge in [-0.05, 0) is 36.6 Å². The molecule has 0 bridgehead atoms. The molecular weight excluding hydrogens is 352 g/mol. The molecule has 0 aliphatic rings. The third-order valence-electron chi connectivity index (χ3n) is 3.18. The van der Waals surface area contributed by atoms with E-state index in [4.69, 9.17) is 9.47 Å². The van der Waals surface area contributed by atoms with Gasteiger partial charge in [0.05, 0.1) is 0 Å². The van der Waals surface area contributed by atoms with Gasteiger partial charge in [-0.15, -0.1) is 0 Å². The second-order valence-electron chi connectivity index (χ2n) is 5.71. The first-order chi connectivity index (χ1) is 12.8. The van der Waals surface area contributed by atoms with Crippen molar-refractivity contribution in [2.75, 3.05) is 13.1 Å². The van der Waals surface area contributed by atoms with Gasteiger partial charge in [0.15, 0.2) is 11.5 Å². The van der Waals surface area contributed by atoms with Gasteiger partial charge in [0.1, 0.15) is 0 Å². The van der Waals surface area contributed by atoms with Crippen LogP contribution in [-0.4, -0.2) is 36.8 Å². The molecule has 0 saturated heterocycles. The lowest BCUT2D eigenvalue weighted by atomic mass is 10.2. The van der Waals surface area contributed by atoms with E-state index in [9.17, 15) is 19.2 Å². The predicted molar refractivity (Wildman–Crippen MR) is 99.0 cm³/mol. The monoisotopic (exact) mass is 376 g/mol. The fraction of sp³-hybridized carbons (Fsp3) is 0.368. The molecule has 8 heteroatoms. The Balaban J connectivity index is 2.58. The first kappa shape index (κ1) is 21.9. The van der Waals surface area contributed by atoms with Crippen molar-refractivity contribution in [3.63, 3.8) is 0 Å². The molecule has 8 nitrogen and oxygen atoms in total. The minimum atomic E-state index is -0.554. The molecule has 0 spiro atoms. The van der Waals surface area contributed by atoms with Crippen molar-refractivity contribution in [3.05, 3.63) is 29.8 Å². The van der Waals surface area contributed by atoms with Gasteiger partial charge in [0.2, 0.25) is 11.8 Å². The highest BCUT2D eigenvalue weighted by molar-refractivity contribution is 5.91. The Morgan fingerprint density at radius 3 is 2.07 bits per heavy atom. The van der Waals surface area contributed by atoms with Crippen LogP contribution in [0.3, 0.4) is 0 Å². The van der Waals surface area contributed by atoms with E-state index < -0.39 is 11.9 Å². The van der Waals surface area contributed by atoms with Crippen LogP contribution in [0.5, 0.6) is 11.5 Å². The van der Waals surface area contributed by atoms with Crippen LogP contribution in [0.4, 0.5) is 0 Å². The summed E-state index contributed by atoms with van der Waals surface area (Å²) in [6.45, 7) is 5.00. The van der Waals surface area contributed by atoms with Crippen molar-refractivity contribution in [2.24, 2.45) is 0 Å². The normalized spacial score (nSPS) is 10.3. The van der Waals surface area contributed by atoms with E-state index in [2.05, 4.69) is 10.6 Å². The van der Waals surface area contributed by atoms with Gasteiger partial charge in [-0.25, -0.2) is 0 Å². The summed E-state index contributed by atoms with van der Waals surface area (Å²) in [5.41, 5.74) is 0.600. The molecule has 27 heavy (non-hydrogen) atoms. The summed E-state index contributed by atoms with van der Waals surface area (Å²) < 4.78 is 10.0. The summed E-state index contributed by atoms with van der Waals surface area (Å²) in [5.74, 6) is -1.22. The van der Waals surface area contributed by atoms with E-state index in [1.165, 1.54) is 39.0 Å². The number of unbranched alkanes of at least 4 members (excludes halogenated alkanes) is 1. The number of amides is 2. The Bertz CT molecular complexity index is 727. The van der Waals surface area contributed by atoms with Crippen LogP contribution in [0.15, 0.2) is 24.3 Å². The number of hydrogen-bond donors (Lipinski definition) is 2. The molecule has 0 heterocycles. The maximum Gasteiger partial charge on any atom is 0.308 e. The van der Waals surface area contributed by atoms with E-state index in [0.29, 0.717) is 18.7 Å². The maximum atomic E-state index is 11.8. The summed E-state index contributed by atoms with van der Waals surface area (Å²) in [4.78, 5) is 44.8. The van der Waals surface area contributed by atoms with Gasteiger partial charge in [-0.1, -0.05) is 6.07 Å². The average Bonchev–Trinajstić information content (AvgIpc) is 2.57. The number of hydrogen-bond acceptors (Lipinski definition) is 6. The molecule has 1 aromatic rings. The lowest BCUT2D eigenvalue weighted by Gasteiger charge is -2.09. The fourth-order valence-electron chi connectivity index (χ4n) is 2.06. The lowest BCUT2D eigenvalue weighted by Crippen LogP contribution is -2.24. The van der Waals surface area contributed by atoms with E-state index in [0.717, 1.165) is 12.8 Å². The molecule has 0 radical (unpaired) electrons. The largest absolute Gasteiger partial charge is 0.423 e. The van der Waals surface area contributed by atoms with E-state index >= 15 is 0 Å². The molecular formula is C19H24N2O6. The Labute approximate surface area is 157 Å². The SMILES string of the molecule is CC(=O)NCCCCNC(=O)/C=C\c1ccc(OC(C)=O)c(OC(C)=O)c1. The quantitative estimate of drug-likeness (QED) is 0.293. The minimum Gasteiger partial charge on any atom is -0.423 e. The molecule has 2 amide bonds. The first-order valence-corrected chi connectivity index (χ1v) is 8.49. The van der Waals surface area contributed by atoms with Crippen LogP contribution < -0.4 is 20.1 Å². The minimum absolute atomic E-state index is 0.0742. The third-order valence-corrected chi connectivity index (χ3v) is 3.18. The average molecular weight is 376 g/mol. The summed E-state index contributed by atoms with van der Waals surface area (Å²) in [6, 6.07) is 4.61. The summed E-state index contributed by atoms with van der Waals surface area (Å²) in [5, 5.41) is 5.41. The van der Waals surface area contributed by atoms with Crippen LogP contribution >= 0.6 is 0 Å². The molecule has 1 rings (SSSR count). The van der Waals surface area contributed by atoms with E-state index in [1.54, 1.807) is 12.1 Å². The van der Waals surface area contributed by atoms with Crippen LogP contribution in [0.2, 0.25) is 0 Å². The maximum absolute atomic E-state index is 11.8. The highest BCUT2D eigenvalue weighted by Gasteiger charge is 2.10. The van der Waals surface area contributed by atoms with Gasteiger partial charge in [-0.2, -0.15) is 0 Å². The molecule has 0 unspecified atom stereocenters. The number of esters is 2. The van der Waals surface area contributed by atoms with Crippen molar-refractivity contribution in [1.82, 2.24) is 10.6 Å². The summed E-state index contributed by atoms with van der Waals surface area (Å²) in [7, 11) is 0. The molecule has 146 valence electrons.